The van der Waals surface area contributed by atoms with E-state index in [4.69, 9.17) is 22.3 Å². The fraction of sp³-hybridized carbons (Fsp3) is 1.00. The van der Waals surface area contributed by atoms with Crippen LogP contribution in [0.15, 0.2) is 0 Å². The second kappa shape index (κ2) is 6.02. The highest BCUT2D eigenvalue weighted by atomic mass is 35.7. The largest absolute Gasteiger partial charge is 0.299 e. The number of nitrogens with zero attached hydrogens (tertiary/aromatic N) is 1. The minimum atomic E-state index is -3.58. The maximum atomic E-state index is 10.9. The summed E-state index contributed by atoms with van der Waals surface area (Å²) < 4.78 is 22.9. The van der Waals surface area contributed by atoms with E-state index < -0.39 is 9.24 Å². The molecule has 0 aromatic carbocycles. The van der Waals surface area contributed by atoms with Crippen molar-refractivity contribution in [1.29, 1.82) is 0 Å². The van der Waals surface area contributed by atoms with Gasteiger partial charge in [0.2, 0.25) is 0 Å². The molecule has 0 aliphatic rings. The highest BCUT2D eigenvalue weighted by Crippen LogP contribution is 2.07. The zero-order chi connectivity index (χ0) is 9.61. The summed E-state index contributed by atoms with van der Waals surface area (Å²) in [5, 5.41) is 0. The number of halogens is 2. The highest BCUT2D eigenvalue weighted by molar-refractivity contribution is 8.11. The second-order valence-electron chi connectivity index (χ2n) is 2.38. The van der Waals surface area contributed by atoms with Gasteiger partial charge < -0.3 is 0 Å². The SMILES string of the molecule is CCCCN(CCCl)S(=O)(=O)Cl. The van der Waals surface area contributed by atoms with E-state index in [2.05, 4.69) is 0 Å². The van der Waals surface area contributed by atoms with Crippen molar-refractivity contribution in [3.8, 4) is 0 Å². The topological polar surface area (TPSA) is 37.4 Å². The second-order valence-corrected chi connectivity index (χ2v) is 5.27. The van der Waals surface area contributed by atoms with Crippen LogP contribution in [-0.4, -0.2) is 31.7 Å². The molecule has 0 radical (unpaired) electrons. The van der Waals surface area contributed by atoms with E-state index in [1.165, 1.54) is 4.31 Å². The quantitative estimate of drug-likeness (QED) is 0.519. The Morgan fingerprint density at radius 3 is 2.25 bits per heavy atom. The maximum absolute atomic E-state index is 10.9. The zero-order valence-corrected chi connectivity index (χ0v) is 9.29. The molecule has 0 unspecified atom stereocenters. The molecule has 0 aliphatic heterocycles. The van der Waals surface area contributed by atoms with Crippen LogP contribution >= 0.6 is 22.3 Å². The summed E-state index contributed by atoms with van der Waals surface area (Å²) in [5.74, 6) is 0.273. The van der Waals surface area contributed by atoms with Crippen LogP contribution in [0, 0.1) is 0 Å². The number of hydrogen-bond donors (Lipinski definition) is 0. The lowest BCUT2D eigenvalue weighted by Gasteiger charge is -2.15. The lowest BCUT2D eigenvalue weighted by atomic mass is 10.3. The average Bonchev–Trinajstić information content (AvgIpc) is 1.95. The van der Waals surface area contributed by atoms with E-state index >= 15 is 0 Å². The van der Waals surface area contributed by atoms with E-state index in [1.54, 1.807) is 0 Å². The van der Waals surface area contributed by atoms with Gasteiger partial charge >= 0.3 is 0 Å². The third kappa shape index (κ3) is 5.19. The van der Waals surface area contributed by atoms with E-state index in [1.807, 2.05) is 6.92 Å². The minimum absolute atomic E-state index is 0.273. The van der Waals surface area contributed by atoms with Gasteiger partial charge in [0.1, 0.15) is 0 Å². The van der Waals surface area contributed by atoms with Crippen LogP contribution in [0.3, 0.4) is 0 Å². The maximum Gasteiger partial charge on any atom is 0.299 e. The molecule has 0 heterocycles. The van der Waals surface area contributed by atoms with Gasteiger partial charge in [-0.1, -0.05) is 13.3 Å². The smallest absolute Gasteiger partial charge is 0.195 e. The summed E-state index contributed by atoms with van der Waals surface area (Å²) in [5.41, 5.74) is 0. The van der Waals surface area contributed by atoms with Crippen molar-refractivity contribution >= 4 is 31.5 Å². The molecular weight excluding hydrogens is 221 g/mol. The number of alkyl halides is 1. The van der Waals surface area contributed by atoms with Crippen molar-refractivity contribution in [2.45, 2.75) is 19.8 Å². The molecule has 0 rings (SSSR count). The summed E-state index contributed by atoms with van der Waals surface area (Å²) in [6.07, 6.45) is 1.74. The van der Waals surface area contributed by atoms with Gasteiger partial charge in [0.25, 0.3) is 9.24 Å². The van der Waals surface area contributed by atoms with Crippen LogP contribution in [0.2, 0.25) is 0 Å². The molecular formula is C6H13Cl2NO2S. The Morgan fingerprint density at radius 1 is 1.33 bits per heavy atom. The van der Waals surface area contributed by atoms with E-state index in [0.717, 1.165) is 12.8 Å². The average molecular weight is 234 g/mol. The van der Waals surface area contributed by atoms with Crippen LogP contribution in [0.25, 0.3) is 0 Å². The van der Waals surface area contributed by atoms with Gasteiger partial charge in [0.05, 0.1) is 0 Å². The monoisotopic (exact) mass is 233 g/mol. The van der Waals surface area contributed by atoms with Crippen LogP contribution in [0.1, 0.15) is 19.8 Å². The van der Waals surface area contributed by atoms with Crippen LogP contribution in [-0.2, 0) is 9.24 Å². The molecule has 0 spiro atoms. The molecule has 6 heteroatoms. The first-order valence-corrected chi connectivity index (χ1v) is 6.58. The van der Waals surface area contributed by atoms with Crippen molar-refractivity contribution in [2.75, 3.05) is 19.0 Å². The molecule has 0 aromatic rings. The zero-order valence-electron chi connectivity index (χ0n) is 6.96. The van der Waals surface area contributed by atoms with Gasteiger partial charge in [-0.15, -0.1) is 11.6 Å². The summed E-state index contributed by atoms with van der Waals surface area (Å²) in [7, 11) is 1.58. The van der Waals surface area contributed by atoms with Gasteiger partial charge in [0, 0.05) is 29.7 Å². The number of unbranched alkanes of at least 4 members (excludes halogenated alkanes) is 1. The summed E-state index contributed by atoms with van der Waals surface area (Å²) >= 11 is 5.42. The first kappa shape index (κ1) is 12.5. The molecule has 0 amide bonds. The Bertz CT molecular complexity index is 206. The molecule has 0 aliphatic carbocycles. The van der Waals surface area contributed by atoms with Gasteiger partial charge in [0.15, 0.2) is 0 Å². The Hall–Kier alpha value is 0.490. The fourth-order valence-corrected chi connectivity index (χ4v) is 2.13. The highest BCUT2D eigenvalue weighted by Gasteiger charge is 2.16. The molecule has 0 saturated carbocycles. The van der Waals surface area contributed by atoms with E-state index in [-0.39, 0.29) is 12.4 Å². The Morgan fingerprint density at radius 2 is 1.92 bits per heavy atom. The third-order valence-corrected chi connectivity index (χ3v) is 3.14. The van der Waals surface area contributed by atoms with E-state index in [9.17, 15) is 8.42 Å². The van der Waals surface area contributed by atoms with E-state index in [0.29, 0.717) is 6.54 Å². The van der Waals surface area contributed by atoms with Gasteiger partial charge in [-0.25, -0.2) is 0 Å². The summed E-state index contributed by atoms with van der Waals surface area (Å²) in [6.45, 7) is 2.72. The van der Waals surface area contributed by atoms with Crippen molar-refractivity contribution in [1.82, 2.24) is 4.31 Å². The predicted octanol–water partition coefficient (Wildman–Crippen LogP) is 1.81. The lowest BCUT2D eigenvalue weighted by molar-refractivity contribution is 0.431. The molecule has 3 nitrogen and oxygen atoms in total. The molecule has 0 bridgehead atoms. The predicted molar refractivity (Wildman–Crippen MR) is 52.0 cm³/mol. The Kier molecular flexibility index (Phi) is 6.27. The molecule has 0 fully saturated rings. The van der Waals surface area contributed by atoms with Gasteiger partial charge in [-0.3, -0.25) is 0 Å². The molecule has 12 heavy (non-hydrogen) atoms. The lowest BCUT2D eigenvalue weighted by Crippen LogP contribution is -2.30. The molecule has 0 aromatic heterocycles. The fourth-order valence-electron chi connectivity index (χ4n) is 0.759. The molecule has 0 N–H and O–H groups in total. The van der Waals surface area contributed by atoms with Crippen LogP contribution in [0.4, 0.5) is 0 Å². The normalized spacial score (nSPS) is 12.3. The van der Waals surface area contributed by atoms with Crippen LogP contribution in [0.5, 0.6) is 0 Å². The van der Waals surface area contributed by atoms with Crippen molar-refractivity contribution in [2.24, 2.45) is 0 Å². The van der Waals surface area contributed by atoms with Crippen molar-refractivity contribution in [3.05, 3.63) is 0 Å². The molecule has 74 valence electrons. The van der Waals surface area contributed by atoms with Gasteiger partial charge in [-0.2, -0.15) is 12.7 Å². The summed E-state index contributed by atoms with van der Waals surface area (Å²) in [4.78, 5) is 0. The third-order valence-electron chi connectivity index (χ3n) is 1.40. The number of rotatable bonds is 6. The Labute approximate surface area is 83.2 Å². The summed E-state index contributed by atoms with van der Waals surface area (Å²) in [6, 6.07) is 0. The first-order valence-electron chi connectivity index (χ1n) is 3.78. The van der Waals surface area contributed by atoms with Gasteiger partial charge in [-0.05, 0) is 6.42 Å². The molecule has 0 atom stereocenters. The Balaban J connectivity index is 4.05. The van der Waals surface area contributed by atoms with Crippen molar-refractivity contribution in [3.63, 3.8) is 0 Å². The number of hydrogen-bond acceptors (Lipinski definition) is 2. The first-order chi connectivity index (χ1) is 5.52. The molecule has 0 saturated heterocycles. The van der Waals surface area contributed by atoms with Crippen molar-refractivity contribution < 1.29 is 8.42 Å². The van der Waals surface area contributed by atoms with Crippen LogP contribution < -0.4 is 0 Å². The minimum Gasteiger partial charge on any atom is -0.195 e. The standard InChI is InChI=1S/C6H13Cl2NO2S/c1-2-3-5-9(6-4-7)12(8,10)11/h2-6H2,1H3.